The third-order valence-corrected chi connectivity index (χ3v) is 3.40. The van der Waals surface area contributed by atoms with Gasteiger partial charge in [0.2, 0.25) is 5.91 Å². The van der Waals surface area contributed by atoms with Crippen LogP contribution >= 0.6 is 0 Å². The first-order valence-electron chi connectivity index (χ1n) is 7.90. The van der Waals surface area contributed by atoms with Crippen LogP contribution in [0, 0.1) is 5.92 Å². The summed E-state index contributed by atoms with van der Waals surface area (Å²) in [6.45, 7) is 13.7. The molecule has 0 radical (unpaired) electrons. The summed E-state index contributed by atoms with van der Waals surface area (Å²) >= 11 is 0. The molecule has 0 spiro atoms. The first kappa shape index (κ1) is 18.7. The normalized spacial score (nSPS) is 13.5. The van der Waals surface area contributed by atoms with Gasteiger partial charge in [-0.3, -0.25) is 4.79 Å². The van der Waals surface area contributed by atoms with Crippen LogP contribution in [0.2, 0.25) is 0 Å². The molecule has 2 heteroatoms. The van der Waals surface area contributed by atoms with Crippen LogP contribution < -0.4 is 0 Å². The number of nitrogens with zero attached hydrogens (tertiary/aromatic N) is 1. The first-order valence-corrected chi connectivity index (χ1v) is 7.90. The van der Waals surface area contributed by atoms with Crippen LogP contribution in [0.25, 0.3) is 0 Å². The molecule has 0 N–H and O–H groups in total. The van der Waals surface area contributed by atoms with Crippen LogP contribution in [0.15, 0.2) is 36.5 Å². The van der Waals surface area contributed by atoms with Crippen molar-refractivity contribution < 1.29 is 4.79 Å². The van der Waals surface area contributed by atoms with E-state index < -0.39 is 0 Å². The van der Waals surface area contributed by atoms with Crippen molar-refractivity contribution in [2.75, 3.05) is 13.1 Å². The largest absolute Gasteiger partial charge is 0.342 e. The Morgan fingerprint density at radius 2 is 1.95 bits per heavy atom. The summed E-state index contributed by atoms with van der Waals surface area (Å²) in [4.78, 5) is 14.8. The van der Waals surface area contributed by atoms with E-state index in [-0.39, 0.29) is 11.8 Å². The quantitative estimate of drug-likeness (QED) is 0.528. The molecule has 0 aliphatic rings. The van der Waals surface area contributed by atoms with E-state index in [0.29, 0.717) is 0 Å². The van der Waals surface area contributed by atoms with Crippen LogP contribution in [0.1, 0.15) is 53.4 Å². The summed E-state index contributed by atoms with van der Waals surface area (Å²) in [5, 5.41) is 0. The predicted octanol–water partition coefficient (Wildman–Crippen LogP) is 4.74. The summed E-state index contributed by atoms with van der Waals surface area (Å²) in [6, 6.07) is 0. The van der Waals surface area contributed by atoms with Crippen molar-refractivity contribution >= 4 is 5.91 Å². The van der Waals surface area contributed by atoms with Crippen LogP contribution in [-0.4, -0.2) is 23.9 Å². The predicted molar refractivity (Wildman–Crippen MR) is 88.7 cm³/mol. The zero-order valence-corrected chi connectivity index (χ0v) is 13.7. The van der Waals surface area contributed by atoms with Crippen molar-refractivity contribution in [1.82, 2.24) is 4.90 Å². The fourth-order valence-electron chi connectivity index (χ4n) is 2.37. The van der Waals surface area contributed by atoms with Gasteiger partial charge >= 0.3 is 0 Å². The maximum Gasteiger partial charge on any atom is 0.230 e. The van der Waals surface area contributed by atoms with Gasteiger partial charge in [0.05, 0.1) is 5.92 Å². The van der Waals surface area contributed by atoms with Crippen LogP contribution in [0.5, 0.6) is 0 Å². The molecule has 0 saturated carbocycles. The molecule has 1 atom stereocenters. The van der Waals surface area contributed by atoms with E-state index in [2.05, 4.69) is 27.4 Å². The summed E-state index contributed by atoms with van der Waals surface area (Å²) < 4.78 is 0. The van der Waals surface area contributed by atoms with E-state index in [1.807, 2.05) is 30.1 Å². The number of allylic oxidation sites excluding steroid dienone is 4. The lowest BCUT2D eigenvalue weighted by Crippen LogP contribution is -2.37. The Morgan fingerprint density at radius 1 is 1.25 bits per heavy atom. The van der Waals surface area contributed by atoms with E-state index in [0.717, 1.165) is 44.3 Å². The summed E-state index contributed by atoms with van der Waals surface area (Å²) in [5.41, 5.74) is 1.08. The molecule has 0 heterocycles. The minimum Gasteiger partial charge on any atom is -0.342 e. The second-order valence-corrected chi connectivity index (χ2v) is 5.02. The lowest BCUT2D eigenvalue weighted by atomic mass is 9.91. The van der Waals surface area contributed by atoms with Crippen molar-refractivity contribution in [2.45, 2.75) is 53.4 Å². The summed E-state index contributed by atoms with van der Waals surface area (Å²) in [7, 11) is 0. The van der Waals surface area contributed by atoms with Gasteiger partial charge in [0.1, 0.15) is 0 Å². The molecule has 0 rings (SSSR count). The van der Waals surface area contributed by atoms with Gasteiger partial charge < -0.3 is 4.90 Å². The van der Waals surface area contributed by atoms with Crippen molar-refractivity contribution in [3.05, 3.63) is 36.5 Å². The number of rotatable bonds is 10. The maximum atomic E-state index is 12.8. The van der Waals surface area contributed by atoms with E-state index in [1.54, 1.807) is 6.08 Å². The number of unbranched alkanes of at least 4 members (excludes halogenated alkanes) is 1. The van der Waals surface area contributed by atoms with Gasteiger partial charge in [-0.1, -0.05) is 57.6 Å². The standard InChI is InChI=1S/C18H31NO/c1-6-11-14-17(16(12-7-2)13-8-3)18(20)19(10-5)15-9-4/h7-8,12-13,17H,2,6,9-11,14-15H2,1,3-5H3/b13-8-,16-12+. The van der Waals surface area contributed by atoms with E-state index in [4.69, 9.17) is 0 Å². The highest BCUT2D eigenvalue weighted by molar-refractivity contribution is 5.82. The van der Waals surface area contributed by atoms with Gasteiger partial charge in [-0.25, -0.2) is 0 Å². The monoisotopic (exact) mass is 277 g/mol. The van der Waals surface area contributed by atoms with E-state index in [1.165, 1.54) is 0 Å². The highest BCUT2D eigenvalue weighted by Crippen LogP contribution is 2.23. The number of carbonyl (C=O) groups excluding carboxylic acids is 1. The molecule has 114 valence electrons. The van der Waals surface area contributed by atoms with E-state index >= 15 is 0 Å². The Balaban J connectivity index is 5.24. The molecule has 0 fully saturated rings. The fraction of sp³-hybridized carbons (Fsp3) is 0.611. The second kappa shape index (κ2) is 11.5. The molecule has 0 aliphatic carbocycles. The van der Waals surface area contributed by atoms with Crippen LogP contribution in [-0.2, 0) is 4.79 Å². The zero-order valence-electron chi connectivity index (χ0n) is 13.7. The van der Waals surface area contributed by atoms with Crippen LogP contribution in [0.3, 0.4) is 0 Å². The Bertz CT molecular complexity index is 341. The van der Waals surface area contributed by atoms with Crippen molar-refractivity contribution in [2.24, 2.45) is 5.92 Å². The summed E-state index contributed by atoms with van der Waals surface area (Å²) in [6.07, 6.45) is 11.9. The Morgan fingerprint density at radius 3 is 2.40 bits per heavy atom. The van der Waals surface area contributed by atoms with Crippen molar-refractivity contribution in [3.8, 4) is 0 Å². The number of carbonyl (C=O) groups is 1. The first-order chi connectivity index (χ1) is 9.65. The topological polar surface area (TPSA) is 20.3 Å². The highest BCUT2D eigenvalue weighted by Gasteiger charge is 2.24. The molecule has 0 aromatic rings. The highest BCUT2D eigenvalue weighted by atomic mass is 16.2. The number of hydrogen-bond acceptors (Lipinski definition) is 1. The smallest absolute Gasteiger partial charge is 0.230 e. The molecular formula is C18H31NO. The molecule has 0 bridgehead atoms. The minimum atomic E-state index is -0.0318. The third-order valence-electron chi connectivity index (χ3n) is 3.40. The SMILES string of the molecule is C=C/C=C(\C=C/C)C(CCCC)C(=O)N(CC)CCC. The lowest BCUT2D eigenvalue weighted by molar-refractivity contribution is -0.134. The minimum absolute atomic E-state index is 0.0318. The zero-order chi connectivity index (χ0) is 15.4. The van der Waals surface area contributed by atoms with Gasteiger partial charge in [0, 0.05) is 13.1 Å². The number of amides is 1. The average molecular weight is 277 g/mol. The molecule has 0 saturated heterocycles. The molecule has 2 nitrogen and oxygen atoms in total. The lowest BCUT2D eigenvalue weighted by Gasteiger charge is -2.27. The Hall–Kier alpha value is -1.31. The Kier molecular flexibility index (Phi) is 10.8. The molecule has 0 aromatic carbocycles. The van der Waals surface area contributed by atoms with Gasteiger partial charge in [0.15, 0.2) is 0 Å². The third kappa shape index (κ3) is 6.23. The van der Waals surface area contributed by atoms with Gasteiger partial charge in [-0.05, 0) is 32.3 Å². The van der Waals surface area contributed by atoms with Gasteiger partial charge in [-0.2, -0.15) is 0 Å². The maximum absolute atomic E-state index is 12.8. The number of hydrogen-bond donors (Lipinski definition) is 0. The van der Waals surface area contributed by atoms with Gasteiger partial charge in [0.25, 0.3) is 0 Å². The fourth-order valence-corrected chi connectivity index (χ4v) is 2.37. The summed E-state index contributed by atoms with van der Waals surface area (Å²) in [5.74, 6) is 0.227. The molecule has 20 heavy (non-hydrogen) atoms. The molecular weight excluding hydrogens is 246 g/mol. The van der Waals surface area contributed by atoms with Crippen LogP contribution in [0.4, 0.5) is 0 Å². The molecule has 0 aromatic heterocycles. The van der Waals surface area contributed by atoms with Crippen molar-refractivity contribution in [1.29, 1.82) is 0 Å². The molecule has 1 amide bonds. The average Bonchev–Trinajstić information content (AvgIpc) is 2.45. The van der Waals surface area contributed by atoms with E-state index in [9.17, 15) is 4.79 Å². The van der Waals surface area contributed by atoms with Gasteiger partial charge in [-0.15, -0.1) is 0 Å². The second-order valence-electron chi connectivity index (χ2n) is 5.02. The molecule has 1 unspecified atom stereocenters. The molecule has 0 aliphatic heterocycles. The Labute approximate surface area is 125 Å². The van der Waals surface area contributed by atoms with Crippen molar-refractivity contribution in [3.63, 3.8) is 0 Å².